The van der Waals surface area contributed by atoms with E-state index < -0.39 is 0 Å². The van der Waals surface area contributed by atoms with E-state index in [1.165, 1.54) is 12.8 Å². The molecule has 0 aromatic carbocycles. The van der Waals surface area contributed by atoms with Crippen molar-refractivity contribution < 1.29 is 4.79 Å². The summed E-state index contributed by atoms with van der Waals surface area (Å²) >= 11 is 0. The van der Waals surface area contributed by atoms with E-state index in [1.54, 1.807) is 6.92 Å². The lowest BCUT2D eigenvalue weighted by Crippen LogP contribution is -2.06. The molecule has 0 aliphatic heterocycles. The molecule has 56 valence electrons. The molecule has 0 N–H and O–H groups in total. The van der Waals surface area contributed by atoms with E-state index in [-0.39, 0.29) is 5.78 Å². The maximum absolute atomic E-state index is 10.9. The van der Waals surface area contributed by atoms with Crippen LogP contribution in [0.5, 0.6) is 0 Å². The Balaban J connectivity index is 2.66. The molecule has 0 fully saturated rings. The molecule has 1 atom stereocenters. The van der Waals surface area contributed by atoms with Crippen molar-refractivity contribution in [1.82, 2.24) is 0 Å². The van der Waals surface area contributed by atoms with Crippen LogP contribution < -0.4 is 0 Å². The van der Waals surface area contributed by atoms with E-state index >= 15 is 0 Å². The van der Waals surface area contributed by atoms with E-state index in [4.69, 9.17) is 0 Å². The zero-order chi connectivity index (χ0) is 7.56. The van der Waals surface area contributed by atoms with Crippen LogP contribution in [0.1, 0.15) is 33.1 Å². The topological polar surface area (TPSA) is 17.1 Å². The molecule has 1 unspecified atom stereocenters. The van der Waals surface area contributed by atoms with Crippen molar-refractivity contribution in [3.63, 3.8) is 0 Å². The van der Waals surface area contributed by atoms with Gasteiger partial charge in [0.15, 0.2) is 5.78 Å². The number of ketones is 1. The van der Waals surface area contributed by atoms with Gasteiger partial charge in [-0.25, -0.2) is 0 Å². The van der Waals surface area contributed by atoms with Gasteiger partial charge in [0.25, 0.3) is 0 Å². The van der Waals surface area contributed by atoms with E-state index in [9.17, 15) is 4.79 Å². The third-order valence-electron chi connectivity index (χ3n) is 2.04. The summed E-state index contributed by atoms with van der Waals surface area (Å²) in [6.45, 7) is 3.83. The fraction of sp³-hybridized carbons (Fsp3) is 0.667. The van der Waals surface area contributed by atoms with Crippen LogP contribution in [-0.2, 0) is 4.79 Å². The van der Waals surface area contributed by atoms with Gasteiger partial charge in [-0.15, -0.1) is 0 Å². The highest BCUT2D eigenvalue weighted by atomic mass is 16.1. The minimum Gasteiger partial charge on any atom is -0.295 e. The Morgan fingerprint density at radius 1 is 1.70 bits per heavy atom. The lowest BCUT2D eigenvalue weighted by molar-refractivity contribution is -0.113. The molecule has 1 nitrogen and oxygen atoms in total. The molecule has 10 heavy (non-hydrogen) atoms. The van der Waals surface area contributed by atoms with Gasteiger partial charge in [0.2, 0.25) is 0 Å². The number of hydrogen-bond acceptors (Lipinski definition) is 1. The molecular formula is C9H14O. The zero-order valence-corrected chi connectivity index (χ0v) is 6.68. The monoisotopic (exact) mass is 138 g/mol. The summed E-state index contributed by atoms with van der Waals surface area (Å²) < 4.78 is 0. The minimum atomic E-state index is 0.256. The summed E-state index contributed by atoms with van der Waals surface area (Å²) in [4.78, 5) is 10.9. The molecule has 1 heteroatoms. The van der Waals surface area contributed by atoms with E-state index in [0.29, 0.717) is 5.92 Å². The smallest absolute Gasteiger partial charge is 0.155 e. The van der Waals surface area contributed by atoms with E-state index in [2.05, 4.69) is 13.0 Å². The Morgan fingerprint density at radius 2 is 2.40 bits per heavy atom. The fourth-order valence-electron chi connectivity index (χ4n) is 1.42. The van der Waals surface area contributed by atoms with Crippen molar-refractivity contribution in [3.05, 3.63) is 11.6 Å². The summed E-state index contributed by atoms with van der Waals surface area (Å²) in [5, 5.41) is 0. The highest BCUT2D eigenvalue weighted by Gasteiger charge is 2.11. The summed E-state index contributed by atoms with van der Waals surface area (Å²) in [5.74, 6) is 0.874. The molecular weight excluding hydrogens is 124 g/mol. The van der Waals surface area contributed by atoms with Crippen LogP contribution in [0, 0.1) is 5.92 Å². The second kappa shape index (κ2) is 3.00. The van der Waals surface area contributed by atoms with Gasteiger partial charge in [-0.05, 0) is 37.7 Å². The lowest BCUT2D eigenvalue weighted by Gasteiger charge is -2.15. The largest absolute Gasteiger partial charge is 0.295 e. The van der Waals surface area contributed by atoms with Crippen LogP contribution in [0.25, 0.3) is 0 Å². The summed E-state index contributed by atoms with van der Waals surface area (Å²) in [6, 6.07) is 0. The van der Waals surface area contributed by atoms with Crippen LogP contribution >= 0.6 is 0 Å². The Bertz CT molecular complexity index is 168. The number of Topliss-reactive ketones (excluding diaryl/α,β-unsaturated/α-hetero) is 1. The number of carbonyl (C=O) groups excluding carboxylic acids is 1. The second-order valence-corrected chi connectivity index (χ2v) is 3.12. The van der Waals surface area contributed by atoms with Crippen molar-refractivity contribution in [2.45, 2.75) is 33.1 Å². The van der Waals surface area contributed by atoms with Crippen molar-refractivity contribution in [3.8, 4) is 0 Å². The average molecular weight is 138 g/mol. The van der Waals surface area contributed by atoms with Crippen molar-refractivity contribution in [1.29, 1.82) is 0 Å². The molecule has 0 aromatic rings. The summed E-state index contributed by atoms with van der Waals surface area (Å²) in [5.41, 5.74) is 1.04. The Kier molecular flexibility index (Phi) is 2.25. The van der Waals surface area contributed by atoms with Gasteiger partial charge in [-0.2, -0.15) is 0 Å². The number of hydrogen-bond donors (Lipinski definition) is 0. The van der Waals surface area contributed by atoms with Crippen LogP contribution in [0.4, 0.5) is 0 Å². The minimum absolute atomic E-state index is 0.256. The van der Waals surface area contributed by atoms with Gasteiger partial charge in [0.05, 0.1) is 0 Å². The third kappa shape index (κ3) is 1.69. The summed E-state index contributed by atoms with van der Waals surface area (Å²) in [7, 11) is 0. The normalized spacial score (nSPS) is 25.8. The summed E-state index contributed by atoms with van der Waals surface area (Å²) in [6.07, 6.45) is 5.55. The Hall–Kier alpha value is -0.590. The van der Waals surface area contributed by atoms with Gasteiger partial charge in [0.1, 0.15) is 0 Å². The zero-order valence-electron chi connectivity index (χ0n) is 6.68. The predicted molar refractivity (Wildman–Crippen MR) is 41.8 cm³/mol. The SMILES string of the molecule is CC(=O)C1=CC(C)CCC1. The van der Waals surface area contributed by atoms with Gasteiger partial charge in [-0.3, -0.25) is 4.79 Å². The Morgan fingerprint density at radius 3 is 2.80 bits per heavy atom. The maximum atomic E-state index is 10.9. The van der Waals surface area contributed by atoms with Gasteiger partial charge < -0.3 is 0 Å². The van der Waals surface area contributed by atoms with Crippen LogP contribution in [0.2, 0.25) is 0 Å². The first kappa shape index (κ1) is 7.52. The van der Waals surface area contributed by atoms with Gasteiger partial charge >= 0.3 is 0 Å². The third-order valence-corrected chi connectivity index (χ3v) is 2.04. The van der Waals surface area contributed by atoms with Gasteiger partial charge in [0, 0.05) is 0 Å². The molecule has 1 aliphatic rings. The number of rotatable bonds is 1. The molecule has 0 saturated carbocycles. The molecule has 0 bridgehead atoms. The predicted octanol–water partition coefficient (Wildman–Crippen LogP) is 2.32. The first-order chi connectivity index (χ1) is 4.70. The average Bonchev–Trinajstić information content (AvgIpc) is 1.88. The fourth-order valence-corrected chi connectivity index (χ4v) is 1.42. The molecule has 0 radical (unpaired) electrons. The van der Waals surface area contributed by atoms with Crippen molar-refractivity contribution in [2.75, 3.05) is 0 Å². The first-order valence-electron chi connectivity index (χ1n) is 3.92. The van der Waals surface area contributed by atoms with Crippen LogP contribution in [-0.4, -0.2) is 5.78 Å². The molecule has 0 heterocycles. The molecule has 1 aliphatic carbocycles. The quantitative estimate of drug-likeness (QED) is 0.543. The van der Waals surface area contributed by atoms with Crippen LogP contribution in [0.3, 0.4) is 0 Å². The van der Waals surface area contributed by atoms with Crippen molar-refractivity contribution in [2.24, 2.45) is 5.92 Å². The van der Waals surface area contributed by atoms with E-state index in [0.717, 1.165) is 12.0 Å². The molecule has 0 spiro atoms. The highest BCUT2D eigenvalue weighted by Crippen LogP contribution is 2.22. The molecule has 0 amide bonds. The molecule has 1 rings (SSSR count). The number of carbonyl (C=O) groups is 1. The number of allylic oxidation sites excluding steroid dienone is 2. The van der Waals surface area contributed by atoms with Crippen molar-refractivity contribution >= 4 is 5.78 Å². The second-order valence-electron chi connectivity index (χ2n) is 3.12. The van der Waals surface area contributed by atoms with Gasteiger partial charge in [-0.1, -0.05) is 13.0 Å². The highest BCUT2D eigenvalue weighted by molar-refractivity contribution is 5.93. The molecule has 0 saturated heterocycles. The molecule has 0 aromatic heterocycles. The standard InChI is InChI=1S/C9H14O/c1-7-4-3-5-9(6-7)8(2)10/h6-7H,3-5H2,1-2H3. The van der Waals surface area contributed by atoms with E-state index in [1.807, 2.05) is 0 Å². The Labute approximate surface area is 62.1 Å². The maximum Gasteiger partial charge on any atom is 0.155 e. The lowest BCUT2D eigenvalue weighted by atomic mass is 9.90. The van der Waals surface area contributed by atoms with Crippen LogP contribution in [0.15, 0.2) is 11.6 Å². The first-order valence-corrected chi connectivity index (χ1v) is 3.92.